The molecule has 2 saturated heterocycles. The van der Waals surface area contributed by atoms with Gasteiger partial charge in [-0.3, -0.25) is 4.90 Å². The first-order valence-corrected chi connectivity index (χ1v) is 11.7. The number of hydrogen-bond acceptors (Lipinski definition) is 3. The quantitative estimate of drug-likeness (QED) is 0.660. The summed E-state index contributed by atoms with van der Waals surface area (Å²) in [5.74, 6) is 1.54. The molecule has 2 aliphatic heterocycles. The van der Waals surface area contributed by atoms with Gasteiger partial charge in [-0.1, -0.05) is 60.7 Å². The Morgan fingerprint density at radius 2 is 1.58 bits per heavy atom. The first-order chi connectivity index (χ1) is 14.9. The fourth-order valence-electron chi connectivity index (χ4n) is 5.72. The van der Waals surface area contributed by atoms with E-state index in [0.29, 0.717) is 23.8 Å². The van der Waals surface area contributed by atoms with E-state index < -0.39 is 5.60 Å². The molecule has 0 radical (unpaired) electrons. The van der Waals surface area contributed by atoms with Crippen LogP contribution in [0, 0.1) is 11.8 Å². The van der Waals surface area contributed by atoms with Crippen LogP contribution in [-0.4, -0.2) is 46.7 Å². The van der Waals surface area contributed by atoms with Crippen molar-refractivity contribution in [1.29, 1.82) is 0 Å². The molecule has 2 heterocycles. The van der Waals surface area contributed by atoms with Gasteiger partial charge in [-0.05, 0) is 56.6 Å². The van der Waals surface area contributed by atoms with Crippen LogP contribution in [0.2, 0.25) is 0 Å². The van der Waals surface area contributed by atoms with Gasteiger partial charge in [0.2, 0.25) is 0 Å². The van der Waals surface area contributed by atoms with Gasteiger partial charge in [-0.25, -0.2) is 4.79 Å². The van der Waals surface area contributed by atoms with Crippen LogP contribution in [0.25, 0.3) is 0 Å². The molecule has 2 aliphatic carbocycles. The van der Waals surface area contributed by atoms with Gasteiger partial charge < -0.3 is 9.64 Å². The highest BCUT2D eigenvalue weighted by Crippen LogP contribution is 2.52. The third-order valence-corrected chi connectivity index (χ3v) is 7.07. The van der Waals surface area contributed by atoms with Crippen LogP contribution in [0.5, 0.6) is 0 Å². The molecule has 2 bridgehead atoms. The summed E-state index contributed by atoms with van der Waals surface area (Å²) in [6.07, 6.45) is 2.16. The summed E-state index contributed by atoms with van der Waals surface area (Å²) in [4.78, 5) is 18.1. The SMILES string of the molecule is CC(C)(C)OC(=O)N([C@@H]1[C@@H]2C[C@H]1CN(Cc1ccccc1)C2)[C@@H]1CC1c1ccccc1. The van der Waals surface area contributed by atoms with E-state index in [4.69, 9.17) is 4.74 Å². The number of piperidine rings is 2. The monoisotopic (exact) mass is 418 g/mol. The van der Waals surface area contributed by atoms with E-state index in [1.807, 2.05) is 20.8 Å². The van der Waals surface area contributed by atoms with Crippen molar-refractivity contribution in [1.82, 2.24) is 9.80 Å². The molecule has 6 rings (SSSR count). The Hall–Kier alpha value is -2.33. The topological polar surface area (TPSA) is 32.8 Å². The first-order valence-electron chi connectivity index (χ1n) is 11.7. The van der Waals surface area contributed by atoms with Crippen molar-refractivity contribution < 1.29 is 9.53 Å². The summed E-state index contributed by atoms with van der Waals surface area (Å²) in [6, 6.07) is 22.0. The summed E-state index contributed by atoms with van der Waals surface area (Å²) in [5, 5.41) is 0. The molecule has 4 fully saturated rings. The van der Waals surface area contributed by atoms with E-state index in [0.717, 1.165) is 26.1 Å². The standard InChI is InChI=1S/C27H34N2O2/c1-27(2,3)31-26(30)29(24-15-23(24)20-12-8-5-9-13-20)25-21-14-22(25)18-28(17-21)16-19-10-6-4-7-11-19/h4-13,21-25H,14-18H2,1-3H3/t21-,22+,23?,24-,25-/m1/s1. The molecule has 1 unspecified atom stereocenters. The lowest BCUT2D eigenvalue weighted by Gasteiger charge is -2.57. The van der Waals surface area contributed by atoms with E-state index >= 15 is 0 Å². The predicted octanol–water partition coefficient (Wildman–Crippen LogP) is 5.30. The zero-order chi connectivity index (χ0) is 21.6. The Kier molecular flexibility index (Phi) is 5.29. The number of carbonyl (C=O) groups excluding carboxylic acids is 1. The predicted molar refractivity (Wildman–Crippen MR) is 123 cm³/mol. The average Bonchev–Trinajstić information content (AvgIpc) is 3.52. The smallest absolute Gasteiger partial charge is 0.410 e. The molecular weight excluding hydrogens is 384 g/mol. The maximum Gasteiger partial charge on any atom is 0.410 e. The van der Waals surface area contributed by atoms with E-state index in [-0.39, 0.29) is 12.1 Å². The molecule has 31 heavy (non-hydrogen) atoms. The van der Waals surface area contributed by atoms with Crippen LogP contribution in [0.1, 0.15) is 50.7 Å². The molecule has 4 aliphatic rings. The molecule has 0 aromatic heterocycles. The van der Waals surface area contributed by atoms with Gasteiger partial charge in [0.25, 0.3) is 0 Å². The molecule has 5 atom stereocenters. The zero-order valence-corrected chi connectivity index (χ0v) is 18.9. The Bertz CT molecular complexity index is 896. The number of rotatable bonds is 5. The fourth-order valence-corrected chi connectivity index (χ4v) is 5.72. The summed E-state index contributed by atoms with van der Waals surface area (Å²) < 4.78 is 5.90. The summed E-state index contributed by atoms with van der Waals surface area (Å²) in [6.45, 7) is 9.04. The van der Waals surface area contributed by atoms with Crippen LogP contribution in [-0.2, 0) is 11.3 Å². The van der Waals surface area contributed by atoms with Gasteiger partial charge >= 0.3 is 6.09 Å². The van der Waals surface area contributed by atoms with Gasteiger partial charge in [-0.15, -0.1) is 0 Å². The number of ether oxygens (including phenoxy) is 1. The minimum Gasteiger partial charge on any atom is -0.444 e. The number of fused-ring (bicyclic) bond motifs is 2. The summed E-state index contributed by atoms with van der Waals surface area (Å²) in [5.41, 5.74) is 2.25. The molecule has 4 nitrogen and oxygen atoms in total. The lowest BCUT2D eigenvalue weighted by atomic mass is 9.65. The van der Waals surface area contributed by atoms with Gasteiger partial charge in [0.15, 0.2) is 0 Å². The fraction of sp³-hybridized carbons (Fsp3) is 0.519. The molecule has 164 valence electrons. The van der Waals surface area contributed by atoms with Crippen LogP contribution < -0.4 is 0 Å². The highest BCUT2D eigenvalue weighted by Gasteiger charge is 2.57. The van der Waals surface area contributed by atoms with Crippen LogP contribution in [0.3, 0.4) is 0 Å². The molecule has 2 aromatic rings. The minimum atomic E-state index is -0.468. The van der Waals surface area contributed by atoms with Gasteiger partial charge in [0.1, 0.15) is 5.60 Å². The lowest BCUT2D eigenvalue weighted by molar-refractivity contribution is -0.0851. The third-order valence-electron chi connectivity index (χ3n) is 7.07. The van der Waals surface area contributed by atoms with Crippen molar-refractivity contribution in [2.24, 2.45) is 11.8 Å². The summed E-state index contributed by atoms with van der Waals surface area (Å²) in [7, 11) is 0. The Morgan fingerprint density at radius 1 is 0.968 bits per heavy atom. The van der Waals surface area contributed by atoms with E-state index in [2.05, 4.69) is 70.5 Å². The second kappa shape index (κ2) is 7.98. The van der Waals surface area contributed by atoms with Crippen molar-refractivity contribution in [3.8, 4) is 0 Å². The molecule has 1 amide bonds. The zero-order valence-electron chi connectivity index (χ0n) is 18.9. The molecule has 2 aromatic carbocycles. The van der Waals surface area contributed by atoms with Crippen molar-refractivity contribution in [2.45, 2.75) is 63.8 Å². The van der Waals surface area contributed by atoms with Crippen molar-refractivity contribution in [3.63, 3.8) is 0 Å². The largest absolute Gasteiger partial charge is 0.444 e. The number of nitrogens with zero attached hydrogens (tertiary/aromatic N) is 2. The Balaban J connectivity index is 1.31. The van der Waals surface area contributed by atoms with Gasteiger partial charge in [0.05, 0.1) is 0 Å². The Morgan fingerprint density at radius 3 is 2.19 bits per heavy atom. The Labute approximate surface area is 186 Å². The first kappa shape index (κ1) is 20.6. The molecule has 2 saturated carbocycles. The number of amides is 1. The highest BCUT2D eigenvalue weighted by atomic mass is 16.6. The number of hydrogen-bond donors (Lipinski definition) is 0. The van der Waals surface area contributed by atoms with Crippen molar-refractivity contribution in [2.75, 3.05) is 13.1 Å². The number of carbonyl (C=O) groups is 1. The minimum absolute atomic E-state index is 0.118. The van der Waals surface area contributed by atoms with Crippen LogP contribution in [0.4, 0.5) is 4.79 Å². The third kappa shape index (κ3) is 4.36. The van der Waals surface area contributed by atoms with Crippen LogP contribution in [0.15, 0.2) is 60.7 Å². The molecule has 0 N–H and O–H groups in total. The average molecular weight is 419 g/mol. The van der Waals surface area contributed by atoms with Crippen molar-refractivity contribution in [3.05, 3.63) is 71.8 Å². The van der Waals surface area contributed by atoms with Crippen LogP contribution >= 0.6 is 0 Å². The molecule has 0 spiro atoms. The van der Waals surface area contributed by atoms with Crippen molar-refractivity contribution >= 4 is 6.09 Å². The highest BCUT2D eigenvalue weighted by molar-refractivity contribution is 5.70. The van der Waals surface area contributed by atoms with E-state index in [1.54, 1.807) is 0 Å². The lowest BCUT2D eigenvalue weighted by Crippen LogP contribution is -2.66. The maximum absolute atomic E-state index is 13.3. The van der Waals surface area contributed by atoms with Gasteiger partial charge in [0, 0.05) is 37.6 Å². The second-order valence-corrected chi connectivity index (χ2v) is 10.6. The molecule has 4 heteroatoms. The number of benzene rings is 2. The normalized spacial score (nSPS) is 29.7. The van der Waals surface area contributed by atoms with E-state index in [1.165, 1.54) is 17.5 Å². The maximum atomic E-state index is 13.3. The van der Waals surface area contributed by atoms with E-state index in [9.17, 15) is 4.79 Å². The second-order valence-electron chi connectivity index (χ2n) is 10.6. The van der Waals surface area contributed by atoms with Gasteiger partial charge in [-0.2, -0.15) is 0 Å². The summed E-state index contributed by atoms with van der Waals surface area (Å²) >= 11 is 0. The molecular formula is C27H34N2O2.